The molecule has 0 saturated carbocycles. The van der Waals surface area contributed by atoms with Crippen molar-refractivity contribution in [2.45, 2.75) is 31.3 Å². The van der Waals surface area contributed by atoms with Gasteiger partial charge in [0, 0.05) is 22.4 Å². The average molecular weight is 357 g/mol. The van der Waals surface area contributed by atoms with Crippen LogP contribution >= 0.6 is 15.9 Å². The molecule has 1 atom stereocenters. The molecule has 2 heterocycles. The lowest BCUT2D eigenvalue weighted by Gasteiger charge is -2.36. The fourth-order valence-electron chi connectivity index (χ4n) is 2.69. The van der Waals surface area contributed by atoms with Crippen molar-refractivity contribution in [2.24, 2.45) is 0 Å². The van der Waals surface area contributed by atoms with Gasteiger partial charge in [0.2, 0.25) is 0 Å². The number of esters is 1. The van der Waals surface area contributed by atoms with Crippen molar-refractivity contribution in [1.29, 1.82) is 0 Å². The summed E-state index contributed by atoms with van der Waals surface area (Å²) in [7, 11) is 1.38. The van der Waals surface area contributed by atoms with E-state index in [9.17, 15) is 4.79 Å². The lowest BCUT2D eigenvalue weighted by Crippen LogP contribution is -2.38. The van der Waals surface area contributed by atoms with Crippen LogP contribution in [-0.4, -0.2) is 37.8 Å². The molecule has 1 aromatic heterocycles. The lowest BCUT2D eigenvalue weighted by molar-refractivity contribution is -0.156. The van der Waals surface area contributed by atoms with Crippen molar-refractivity contribution in [1.82, 2.24) is 10.3 Å². The Morgan fingerprint density at radius 3 is 3.05 bits per heavy atom. The first-order valence-electron chi connectivity index (χ1n) is 7.19. The van der Waals surface area contributed by atoms with Crippen LogP contribution in [0.2, 0.25) is 0 Å². The van der Waals surface area contributed by atoms with Crippen molar-refractivity contribution < 1.29 is 14.3 Å². The smallest absolute Gasteiger partial charge is 0.331 e. The van der Waals surface area contributed by atoms with Crippen molar-refractivity contribution in [3.8, 4) is 0 Å². The van der Waals surface area contributed by atoms with Gasteiger partial charge in [-0.3, -0.25) is 4.98 Å². The molecule has 5 nitrogen and oxygen atoms in total. The highest BCUT2D eigenvalue weighted by molar-refractivity contribution is 9.10. The molecule has 1 fully saturated rings. The van der Waals surface area contributed by atoms with E-state index in [0.717, 1.165) is 48.8 Å². The Morgan fingerprint density at radius 2 is 2.29 bits per heavy atom. The zero-order valence-electron chi connectivity index (χ0n) is 12.2. The minimum absolute atomic E-state index is 0.0364. The summed E-state index contributed by atoms with van der Waals surface area (Å²) in [5.74, 6) is -0.352. The Hall–Kier alpha value is -0.980. The number of ether oxygens (including phenoxy) is 2. The number of carbonyl (C=O) groups excluding carboxylic acids is 1. The first kappa shape index (κ1) is 16.4. The highest BCUT2D eigenvalue weighted by atomic mass is 79.9. The number of aromatic nitrogens is 1. The number of halogens is 1. The van der Waals surface area contributed by atoms with E-state index in [0.29, 0.717) is 0 Å². The Morgan fingerprint density at radius 1 is 1.43 bits per heavy atom. The molecule has 0 amide bonds. The zero-order valence-corrected chi connectivity index (χ0v) is 13.8. The number of pyridine rings is 1. The summed E-state index contributed by atoms with van der Waals surface area (Å²) in [6.45, 7) is 1.85. The van der Waals surface area contributed by atoms with E-state index >= 15 is 0 Å². The Balaban J connectivity index is 2.27. The summed E-state index contributed by atoms with van der Waals surface area (Å²) in [5, 5.41) is 3.41. The molecule has 0 radical (unpaired) electrons. The molecule has 0 aliphatic carbocycles. The molecule has 0 bridgehead atoms. The van der Waals surface area contributed by atoms with Crippen LogP contribution in [0.3, 0.4) is 0 Å². The second kappa shape index (κ2) is 7.87. The van der Waals surface area contributed by atoms with E-state index in [-0.39, 0.29) is 12.6 Å². The standard InChI is InChI=1S/C15H21BrN2O3/c1-20-14(19)11-21-15(5-2-3-7-17-9-6-15)12-4-8-18-10-13(12)16/h4,8,10,17H,2-3,5-7,9,11H2,1H3. The largest absolute Gasteiger partial charge is 0.467 e. The van der Waals surface area contributed by atoms with Gasteiger partial charge in [-0.05, 0) is 60.8 Å². The highest BCUT2D eigenvalue weighted by Gasteiger charge is 2.35. The topological polar surface area (TPSA) is 60.5 Å². The molecule has 116 valence electrons. The first-order chi connectivity index (χ1) is 10.2. The maximum absolute atomic E-state index is 11.5. The molecule has 1 aromatic rings. The average Bonchev–Trinajstić information content (AvgIpc) is 2.47. The molecule has 1 unspecified atom stereocenters. The fourth-order valence-corrected chi connectivity index (χ4v) is 3.30. The summed E-state index contributed by atoms with van der Waals surface area (Å²) in [5.41, 5.74) is 0.564. The maximum atomic E-state index is 11.5. The van der Waals surface area contributed by atoms with Gasteiger partial charge in [0.25, 0.3) is 0 Å². The number of rotatable bonds is 4. The summed E-state index contributed by atoms with van der Waals surface area (Å²) in [6.07, 6.45) is 7.37. The molecule has 1 saturated heterocycles. The number of nitrogens with one attached hydrogen (secondary N) is 1. The second-order valence-electron chi connectivity index (χ2n) is 5.17. The van der Waals surface area contributed by atoms with Crippen LogP contribution in [0.15, 0.2) is 22.9 Å². The fraction of sp³-hybridized carbons (Fsp3) is 0.600. The molecule has 0 aromatic carbocycles. The van der Waals surface area contributed by atoms with E-state index in [1.807, 2.05) is 6.07 Å². The Bertz CT molecular complexity index is 474. The number of methoxy groups -OCH3 is 1. The summed E-state index contributed by atoms with van der Waals surface area (Å²) in [4.78, 5) is 15.6. The highest BCUT2D eigenvalue weighted by Crippen LogP contribution is 2.39. The predicted octanol–water partition coefficient (Wildman–Crippen LogP) is 2.39. The van der Waals surface area contributed by atoms with Crippen molar-refractivity contribution >= 4 is 21.9 Å². The Kier molecular flexibility index (Phi) is 6.14. The van der Waals surface area contributed by atoms with Crippen LogP contribution in [0, 0.1) is 0 Å². The van der Waals surface area contributed by atoms with E-state index in [2.05, 4.69) is 26.2 Å². The quantitative estimate of drug-likeness (QED) is 0.839. The molecule has 1 aliphatic heterocycles. The van der Waals surface area contributed by atoms with Gasteiger partial charge < -0.3 is 14.8 Å². The summed E-state index contributed by atoms with van der Waals surface area (Å²) in [6, 6.07) is 1.96. The van der Waals surface area contributed by atoms with Crippen LogP contribution in [0.1, 0.15) is 31.2 Å². The van der Waals surface area contributed by atoms with Gasteiger partial charge >= 0.3 is 5.97 Å². The maximum Gasteiger partial charge on any atom is 0.331 e. The van der Waals surface area contributed by atoms with Crippen LogP contribution in [-0.2, 0) is 19.9 Å². The number of hydrogen-bond acceptors (Lipinski definition) is 5. The zero-order chi connectivity index (χ0) is 15.1. The molecule has 21 heavy (non-hydrogen) atoms. The summed E-state index contributed by atoms with van der Waals surface area (Å²) < 4.78 is 11.7. The minimum atomic E-state index is -0.483. The Labute approximate surface area is 133 Å². The molecule has 0 spiro atoms. The number of hydrogen-bond donors (Lipinski definition) is 1. The lowest BCUT2D eigenvalue weighted by atomic mass is 9.84. The van der Waals surface area contributed by atoms with Crippen LogP contribution in [0.5, 0.6) is 0 Å². The third-order valence-electron chi connectivity index (χ3n) is 3.85. The van der Waals surface area contributed by atoms with Gasteiger partial charge in [0.1, 0.15) is 6.61 Å². The van der Waals surface area contributed by atoms with E-state index in [1.54, 1.807) is 12.4 Å². The first-order valence-corrected chi connectivity index (χ1v) is 7.99. The third kappa shape index (κ3) is 4.25. The third-order valence-corrected chi connectivity index (χ3v) is 4.48. The van der Waals surface area contributed by atoms with Crippen LogP contribution < -0.4 is 5.32 Å². The minimum Gasteiger partial charge on any atom is -0.467 e. The van der Waals surface area contributed by atoms with Gasteiger partial charge in [-0.15, -0.1) is 0 Å². The molecule has 1 N–H and O–H groups in total. The van der Waals surface area contributed by atoms with Gasteiger partial charge in [-0.2, -0.15) is 0 Å². The molecule has 2 rings (SSSR count). The van der Waals surface area contributed by atoms with E-state index in [1.165, 1.54) is 7.11 Å². The predicted molar refractivity (Wildman–Crippen MR) is 82.9 cm³/mol. The SMILES string of the molecule is COC(=O)COC1(c2ccncc2Br)CCCCNCC1. The van der Waals surface area contributed by atoms with Gasteiger partial charge in [-0.25, -0.2) is 4.79 Å². The second-order valence-corrected chi connectivity index (χ2v) is 6.03. The molecular weight excluding hydrogens is 336 g/mol. The van der Waals surface area contributed by atoms with E-state index < -0.39 is 5.60 Å². The normalized spacial score (nSPS) is 23.1. The number of carbonyl (C=O) groups is 1. The molecule has 6 heteroatoms. The van der Waals surface area contributed by atoms with Gasteiger partial charge in [0.05, 0.1) is 12.7 Å². The van der Waals surface area contributed by atoms with Crippen molar-refractivity contribution in [3.05, 3.63) is 28.5 Å². The van der Waals surface area contributed by atoms with Crippen LogP contribution in [0.25, 0.3) is 0 Å². The van der Waals surface area contributed by atoms with Gasteiger partial charge in [-0.1, -0.05) is 0 Å². The number of nitrogens with zero attached hydrogens (tertiary/aromatic N) is 1. The monoisotopic (exact) mass is 356 g/mol. The molecule has 1 aliphatic rings. The molecular formula is C15H21BrN2O3. The summed E-state index contributed by atoms with van der Waals surface area (Å²) >= 11 is 3.56. The van der Waals surface area contributed by atoms with Crippen molar-refractivity contribution in [2.75, 3.05) is 26.8 Å². The van der Waals surface area contributed by atoms with Crippen molar-refractivity contribution in [3.63, 3.8) is 0 Å². The van der Waals surface area contributed by atoms with E-state index in [4.69, 9.17) is 9.47 Å². The van der Waals surface area contributed by atoms with Crippen LogP contribution in [0.4, 0.5) is 0 Å². The van der Waals surface area contributed by atoms with Gasteiger partial charge in [0.15, 0.2) is 0 Å².